The normalized spacial score (nSPS) is 11.4. The van der Waals surface area contributed by atoms with Crippen LogP contribution in [0.3, 0.4) is 0 Å². The molecule has 0 aromatic heterocycles. The summed E-state index contributed by atoms with van der Waals surface area (Å²) in [6, 6.07) is 0. The van der Waals surface area contributed by atoms with Gasteiger partial charge in [-0.05, 0) is 19.3 Å². The molecule has 5 heteroatoms. The van der Waals surface area contributed by atoms with Crippen molar-refractivity contribution >= 4 is 10.1 Å². The Kier molecular flexibility index (Phi) is 32.7. The molecule has 0 aromatic rings. The van der Waals surface area contributed by atoms with Crippen LogP contribution in [0.2, 0.25) is 0 Å². The van der Waals surface area contributed by atoms with Gasteiger partial charge in [0.15, 0.2) is 0 Å². The highest BCUT2D eigenvalue weighted by atomic mass is 32.2. The van der Waals surface area contributed by atoms with E-state index < -0.39 is 10.1 Å². The summed E-state index contributed by atoms with van der Waals surface area (Å²) in [5.41, 5.74) is 0. The molecule has 0 radical (unpaired) electrons. The number of hydrogen-bond donors (Lipinski definition) is 1. The highest BCUT2D eigenvalue weighted by molar-refractivity contribution is 7.85. The first-order chi connectivity index (χ1) is 16.5. The van der Waals surface area contributed by atoms with Crippen LogP contribution in [0, 0.1) is 0 Å². The number of rotatable bonds is 26. The number of hydrogen-bond acceptors (Lipinski definition) is 3. The predicted molar refractivity (Wildman–Crippen MR) is 150 cm³/mol. The van der Waals surface area contributed by atoms with Crippen LogP contribution < -0.4 is 0 Å². The molecule has 0 rings (SSSR count). The van der Waals surface area contributed by atoms with Crippen molar-refractivity contribution < 1.29 is 17.7 Å². The lowest BCUT2D eigenvalue weighted by Gasteiger charge is -2.05. The molecule has 0 aromatic carbocycles. The van der Waals surface area contributed by atoms with Gasteiger partial charge < -0.3 is 4.74 Å². The van der Waals surface area contributed by atoms with Gasteiger partial charge in [-0.15, -0.1) is 0 Å². The van der Waals surface area contributed by atoms with Crippen molar-refractivity contribution in [2.75, 3.05) is 19.0 Å². The Morgan fingerprint density at radius 1 is 0.441 bits per heavy atom. The van der Waals surface area contributed by atoms with Crippen molar-refractivity contribution in [1.29, 1.82) is 0 Å². The maximum Gasteiger partial charge on any atom is 0.264 e. The Morgan fingerprint density at radius 2 is 0.706 bits per heavy atom. The fourth-order valence-electron chi connectivity index (χ4n) is 4.02. The summed E-state index contributed by atoms with van der Waals surface area (Å²) >= 11 is 0. The third kappa shape index (κ3) is 39.1. The minimum Gasteiger partial charge on any atom is -0.381 e. The van der Waals surface area contributed by atoms with Gasteiger partial charge in [-0.2, -0.15) is 8.42 Å². The van der Waals surface area contributed by atoms with Crippen LogP contribution in [0.15, 0.2) is 0 Å². The van der Waals surface area contributed by atoms with Gasteiger partial charge in [-0.3, -0.25) is 4.55 Å². The number of unbranched alkanes of at least 4 members (excludes halogenated alkanes) is 20. The van der Waals surface area contributed by atoms with Gasteiger partial charge >= 0.3 is 0 Å². The molecule has 4 nitrogen and oxygen atoms in total. The molecule has 0 fully saturated rings. The summed E-state index contributed by atoms with van der Waals surface area (Å²) in [5.74, 6) is -0.0964. The van der Waals surface area contributed by atoms with E-state index in [0.29, 0.717) is 6.42 Å². The second kappa shape index (κ2) is 30.9. The quantitative estimate of drug-likeness (QED) is 0.0936. The minimum absolute atomic E-state index is 0.0964. The summed E-state index contributed by atoms with van der Waals surface area (Å²) in [4.78, 5) is 0. The maximum absolute atomic E-state index is 10.1. The van der Waals surface area contributed by atoms with Gasteiger partial charge in [0.25, 0.3) is 10.1 Å². The molecule has 0 atom stereocenters. The average Bonchev–Trinajstić information content (AvgIpc) is 2.80. The van der Waals surface area contributed by atoms with E-state index in [-0.39, 0.29) is 5.75 Å². The fourth-order valence-corrected chi connectivity index (χ4v) is 4.59. The Morgan fingerprint density at radius 3 is 1.00 bits per heavy atom. The molecule has 208 valence electrons. The van der Waals surface area contributed by atoms with Gasteiger partial charge in [-0.25, -0.2) is 0 Å². The van der Waals surface area contributed by atoms with E-state index in [2.05, 4.69) is 13.8 Å². The molecule has 0 heterocycles. The second-order valence-corrected chi connectivity index (χ2v) is 11.5. The highest BCUT2D eigenvalue weighted by Crippen LogP contribution is 2.13. The lowest BCUT2D eigenvalue weighted by atomic mass is 10.0. The van der Waals surface area contributed by atoms with E-state index in [4.69, 9.17) is 9.29 Å². The van der Waals surface area contributed by atoms with Crippen LogP contribution in [0.5, 0.6) is 0 Å². The summed E-state index contributed by atoms with van der Waals surface area (Å²) in [6.45, 7) is 8.53. The van der Waals surface area contributed by atoms with E-state index in [9.17, 15) is 8.42 Å². The zero-order chi connectivity index (χ0) is 25.6. The molecule has 34 heavy (non-hydrogen) atoms. The van der Waals surface area contributed by atoms with Crippen molar-refractivity contribution in [3.8, 4) is 0 Å². The minimum atomic E-state index is -3.70. The Bertz CT molecular complexity index is 429. The van der Waals surface area contributed by atoms with Gasteiger partial charge in [0.1, 0.15) is 0 Å². The monoisotopic (exact) mass is 506 g/mol. The summed E-state index contributed by atoms with van der Waals surface area (Å²) in [5, 5.41) is 0. The van der Waals surface area contributed by atoms with Gasteiger partial charge in [0, 0.05) is 13.2 Å². The fraction of sp³-hybridized carbons (Fsp3) is 1.00. The molecule has 0 unspecified atom stereocenters. The van der Waals surface area contributed by atoms with Crippen molar-refractivity contribution in [2.24, 2.45) is 0 Å². The first-order valence-corrected chi connectivity index (χ1v) is 16.6. The standard InChI is InChI=1S/C24H50O.C5H12O3S/c1-3-5-7-9-11-12-13-14-15-16-17-18-20-22-24-25-23-21-19-10-8-6-4-2;1-2-3-4-5-9(6,7)8/h3-24H2,1-2H3;2-5H2,1H3,(H,6,7,8). The van der Waals surface area contributed by atoms with Gasteiger partial charge in [0.05, 0.1) is 5.75 Å². The van der Waals surface area contributed by atoms with Crippen molar-refractivity contribution in [3.05, 3.63) is 0 Å². The van der Waals surface area contributed by atoms with Gasteiger partial charge in [-0.1, -0.05) is 149 Å². The smallest absolute Gasteiger partial charge is 0.264 e. The Labute approximate surface area is 215 Å². The molecule has 0 aliphatic carbocycles. The van der Waals surface area contributed by atoms with E-state index in [1.165, 1.54) is 128 Å². The lowest BCUT2D eigenvalue weighted by molar-refractivity contribution is 0.125. The van der Waals surface area contributed by atoms with Crippen LogP contribution >= 0.6 is 0 Å². The van der Waals surface area contributed by atoms with Crippen LogP contribution in [-0.2, 0) is 14.9 Å². The predicted octanol–water partition coefficient (Wildman–Crippen LogP) is 9.91. The Hall–Kier alpha value is -0.130. The molecule has 0 saturated heterocycles. The van der Waals surface area contributed by atoms with E-state index in [1.54, 1.807) is 0 Å². The summed E-state index contributed by atoms with van der Waals surface area (Å²) < 4.78 is 34.1. The van der Waals surface area contributed by atoms with Crippen LogP contribution in [0.4, 0.5) is 0 Å². The second-order valence-electron chi connectivity index (χ2n) is 9.97. The van der Waals surface area contributed by atoms with Crippen LogP contribution in [0.25, 0.3) is 0 Å². The molecular weight excluding hydrogens is 444 g/mol. The molecule has 0 aliphatic heterocycles. The van der Waals surface area contributed by atoms with E-state index >= 15 is 0 Å². The number of ether oxygens (including phenoxy) is 1. The molecule has 0 spiro atoms. The van der Waals surface area contributed by atoms with Crippen molar-refractivity contribution in [1.82, 2.24) is 0 Å². The zero-order valence-corrected chi connectivity index (χ0v) is 24.3. The molecule has 0 saturated carbocycles. The largest absolute Gasteiger partial charge is 0.381 e. The molecule has 0 bridgehead atoms. The first kappa shape index (κ1) is 36.0. The van der Waals surface area contributed by atoms with E-state index in [0.717, 1.165) is 26.1 Å². The topological polar surface area (TPSA) is 63.6 Å². The first-order valence-electron chi connectivity index (χ1n) is 15.0. The highest BCUT2D eigenvalue weighted by Gasteiger charge is 2.01. The average molecular weight is 507 g/mol. The van der Waals surface area contributed by atoms with Gasteiger partial charge in [0.2, 0.25) is 0 Å². The van der Waals surface area contributed by atoms with Crippen molar-refractivity contribution in [3.63, 3.8) is 0 Å². The zero-order valence-electron chi connectivity index (χ0n) is 23.5. The van der Waals surface area contributed by atoms with E-state index in [1.807, 2.05) is 6.92 Å². The SMILES string of the molecule is CCCCCCCCCCCCCCCCOCCCCCCCC.CCCCCS(=O)(=O)O. The summed E-state index contributed by atoms with van der Waals surface area (Å²) in [7, 11) is -3.70. The molecular formula is C29H62O4S. The molecule has 1 N–H and O–H groups in total. The maximum atomic E-state index is 10.1. The molecule has 0 amide bonds. The Balaban J connectivity index is 0. The van der Waals surface area contributed by atoms with Crippen molar-refractivity contribution in [2.45, 2.75) is 168 Å². The third-order valence-corrected chi connectivity index (χ3v) is 7.09. The van der Waals surface area contributed by atoms with Crippen LogP contribution in [-0.4, -0.2) is 31.9 Å². The summed E-state index contributed by atoms with van der Waals surface area (Å²) in [6.07, 6.45) is 30.6. The molecule has 0 aliphatic rings. The van der Waals surface area contributed by atoms with Crippen LogP contribution in [0.1, 0.15) is 168 Å². The lowest BCUT2D eigenvalue weighted by Crippen LogP contribution is -2.02. The third-order valence-electron chi connectivity index (χ3n) is 6.29.